The molecule has 0 saturated carbocycles. The first kappa shape index (κ1) is 21.8. The predicted octanol–water partition coefficient (Wildman–Crippen LogP) is 4.82. The van der Waals surface area contributed by atoms with Crippen molar-refractivity contribution in [1.82, 2.24) is 15.3 Å². The van der Waals surface area contributed by atoms with E-state index in [0.29, 0.717) is 10.9 Å². The molecule has 2 atom stereocenters. The van der Waals surface area contributed by atoms with Crippen LogP contribution < -0.4 is 10.1 Å². The molecule has 0 fully saturated rings. The van der Waals surface area contributed by atoms with Gasteiger partial charge >= 0.3 is 0 Å². The van der Waals surface area contributed by atoms with E-state index in [1.54, 1.807) is 26.1 Å². The third kappa shape index (κ3) is 5.80. The zero-order valence-corrected chi connectivity index (χ0v) is 18.1. The number of amides is 1. The molecule has 1 aromatic heterocycles. The summed E-state index contributed by atoms with van der Waals surface area (Å²) in [7, 11) is 0. The maximum atomic E-state index is 13.0. The number of halogens is 1. The van der Waals surface area contributed by atoms with Crippen LogP contribution in [0.25, 0.3) is 0 Å². The van der Waals surface area contributed by atoms with Crippen LogP contribution in [-0.4, -0.2) is 27.5 Å². The molecule has 1 unspecified atom stereocenters. The minimum atomic E-state index is -1.08. The molecule has 0 bridgehead atoms. The molecule has 0 spiro atoms. The molecule has 2 aromatic carbocycles. The zero-order chi connectivity index (χ0) is 21.6. The first-order valence-electron chi connectivity index (χ1n) is 9.90. The molecule has 1 heterocycles. The van der Waals surface area contributed by atoms with Crippen molar-refractivity contribution in [3.63, 3.8) is 0 Å². The Morgan fingerprint density at radius 1 is 1.10 bits per heavy atom. The molecular formula is C24H26ClN3O2. The summed E-state index contributed by atoms with van der Waals surface area (Å²) in [6.45, 7) is 5.48. The molecular weight excluding hydrogens is 398 g/mol. The van der Waals surface area contributed by atoms with Gasteiger partial charge in [0.1, 0.15) is 6.33 Å². The highest BCUT2D eigenvalue weighted by Crippen LogP contribution is 2.26. The average molecular weight is 424 g/mol. The van der Waals surface area contributed by atoms with Gasteiger partial charge in [-0.1, -0.05) is 54.1 Å². The van der Waals surface area contributed by atoms with Crippen LogP contribution in [0.5, 0.6) is 5.88 Å². The van der Waals surface area contributed by atoms with E-state index in [0.717, 1.165) is 17.5 Å². The van der Waals surface area contributed by atoms with Crippen LogP contribution in [-0.2, 0) is 11.2 Å². The summed E-state index contributed by atoms with van der Waals surface area (Å²) >= 11 is 6.03. The molecule has 0 aliphatic rings. The van der Waals surface area contributed by atoms with Crippen LogP contribution in [0.2, 0.25) is 5.02 Å². The number of nitrogens with one attached hydrogen (secondary N) is 1. The minimum Gasteiger partial charge on any atom is -0.461 e. The van der Waals surface area contributed by atoms with Crippen molar-refractivity contribution in [2.24, 2.45) is 0 Å². The molecule has 3 aromatic rings. The minimum absolute atomic E-state index is 0.0891. The Kier molecular flexibility index (Phi) is 7.06. The van der Waals surface area contributed by atoms with Crippen molar-refractivity contribution in [1.29, 1.82) is 0 Å². The zero-order valence-electron chi connectivity index (χ0n) is 17.4. The Morgan fingerprint density at radius 3 is 2.43 bits per heavy atom. The first-order chi connectivity index (χ1) is 14.3. The number of rotatable bonds is 8. The smallest absolute Gasteiger partial charge is 0.263 e. The van der Waals surface area contributed by atoms with E-state index in [9.17, 15) is 4.79 Å². The predicted molar refractivity (Wildman–Crippen MR) is 119 cm³/mol. The first-order valence-corrected chi connectivity index (χ1v) is 10.3. The van der Waals surface area contributed by atoms with Crippen LogP contribution >= 0.6 is 11.6 Å². The Labute approximate surface area is 182 Å². The third-order valence-electron chi connectivity index (χ3n) is 5.02. The maximum absolute atomic E-state index is 13.0. The van der Waals surface area contributed by atoms with E-state index in [4.69, 9.17) is 16.3 Å². The lowest BCUT2D eigenvalue weighted by atomic mass is 9.86. The monoisotopic (exact) mass is 423 g/mol. The van der Waals surface area contributed by atoms with Crippen molar-refractivity contribution in [3.8, 4) is 5.88 Å². The van der Waals surface area contributed by atoms with Gasteiger partial charge in [0.05, 0.1) is 0 Å². The van der Waals surface area contributed by atoms with Gasteiger partial charge < -0.3 is 10.1 Å². The maximum Gasteiger partial charge on any atom is 0.263 e. The molecule has 6 heteroatoms. The summed E-state index contributed by atoms with van der Waals surface area (Å²) in [5.41, 5.74) is 1.24. The van der Waals surface area contributed by atoms with E-state index in [-0.39, 0.29) is 17.9 Å². The molecule has 0 saturated heterocycles. The van der Waals surface area contributed by atoms with Gasteiger partial charge in [-0.2, -0.15) is 0 Å². The molecule has 0 aliphatic heterocycles. The quantitative estimate of drug-likeness (QED) is 0.564. The molecule has 1 N–H and O–H groups in total. The summed E-state index contributed by atoms with van der Waals surface area (Å²) < 4.78 is 5.80. The van der Waals surface area contributed by atoms with Crippen molar-refractivity contribution in [2.45, 2.75) is 44.8 Å². The normalized spacial score (nSPS) is 13.3. The fourth-order valence-corrected chi connectivity index (χ4v) is 3.41. The lowest BCUT2D eigenvalue weighted by Crippen LogP contribution is -2.51. The van der Waals surface area contributed by atoms with Gasteiger partial charge in [-0.05, 0) is 50.5 Å². The van der Waals surface area contributed by atoms with Gasteiger partial charge in [0.25, 0.3) is 5.91 Å². The second kappa shape index (κ2) is 9.72. The second-order valence-corrected chi connectivity index (χ2v) is 8.21. The van der Waals surface area contributed by atoms with Gasteiger partial charge in [0.2, 0.25) is 5.88 Å². The van der Waals surface area contributed by atoms with E-state index < -0.39 is 5.60 Å². The highest BCUT2D eigenvalue weighted by atomic mass is 35.5. The Bertz CT molecular complexity index is 947. The van der Waals surface area contributed by atoms with Gasteiger partial charge in [0, 0.05) is 29.2 Å². The van der Waals surface area contributed by atoms with Crippen LogP contribution in [0.15, 0.2) is 73.2 Å². The number of benzene rings is 2. The van der Waals surface area contributed by atoms with Gasteiger partial charge in [-0.3, -0.25) is 4.79 Å². The number of carbonyl (C=O) groups excluding carboxylic acids is 1. The number of hydrogen-bond acceptors (Lipinski definition) is 4. The third-order valence-corrected chi connectivity index (χ3v) is 5.27. The summed E-state index contributed by atoms with van der Waals surface area (Å²) in [5, 5.41) is 3.85. The molecule has 5 nitrogen and oxygen atoms in total. The van der Waals surface area contributed by atoms with Gasteiger partial charge in [-0.15, -0.1) is 0 Å². The number of ether oxygens (including phenoxy) is 1. The summed E-state index contributed by atoms with van der Waals surface area (Å²) in [6, 6.07) is 19.5. The average Bonchev–Trinajstić information content (AvgIpc) is 2.74. The number of nitrogens with zero attached hydrogens (tertiary/aromatic N) is 2. The van der Waals surface area contributed by atoms with E-state index >= 15 is 0 Å². The van der Waals surface area contributed by atoms with Gasteiger partial charge in [0.15, 0.2) is 5.60 Å². The molecule has 0 aliphatic carbocycles. The number of hydrogen-bond donors (Lipinski definition) is 1. The van der Waals surface area contributed by atoms with Crippen LogP contribution in [0.1, 0.15) is 37.8 Å². The van der Waals surface area contributed by atoms with E-state index in [1.165, 1.54) is 6.33 Å². The number of carbonyl (C=O) groups is 1. The van der Waals surface area contributed by atoms with Gasteiger partial charge in [-0.25, -0.2) is 9.97 Å². The number of aromatic nitrogens is 2. The van der Waals surface area contributed by atoms with Crippen molar-refractivity contribution in [2.75, 3.05) is 0 Å². The standard InChI is InChI=1S/C24H26ClN3O2/c1-17(28-23(29)24(2,3)30-22-13-14-26-16-27-22)21(19-7-5-4-6-8-19)15-18-9-11-20(25)12-10-18/h4-14,16-17,21H,15H2,1-3H3,(H,28,29)/t17-,21?/m0/s1. The molecule has 3 rings (SSSR count). The second-order valence-electron chi connectivity index (χ2n) is 7.77. The summed E-state index contributed by atoms with van der Waals surface area (Å²) in [4.78, 5) is 20.9. The van der Waals surface area contributed by atoms with Crippen LogP contribution in [0.4, 0.5) is 0 Å². The highest BCUT2D eigenvalue weighted by Gasteiger charge is 2.33. The fraction of sp³-hybridized carbons (Fsp3) is 0.292. The molecule has 0 radical (unpaired) electrons. The topological polar surface area (TPSA) is 64.1 Å². The fourth-order valence-electron chi connectivity index (χ4n) is 3.29. The van der Waals surface area contributed by atoms with Crippen LogP contribution in [0, 0.1) is 0 Å². The lowest BCUT2D eigenvalue weighted by Gasteiger charge is -2.30. The van der Waals surface area contributed by atoms with Crippen molar-refractivity contribution < 1.29 is 9.53 Å². The molecule has 30 heavy (non-hydrogen) atoms. The Hall–Kier alpha value is -2.92. The summed E-state index contributed by atoms with van der Waals surface area (Å²) in [5.74, 6) is 0.246. The Balaban J connectivity index is 1.76. The van der Waals surface area contributed by atoms with Crippen molar-refractivity contribution in [3.05, 3.63) is 89.3 Å². The summed E-state index contributed by atoms with van der Waals surface area (Å²) in [6.07, 6.45) is 3.75. The van der Waals surface area contributed by atoms with Crippen LogP contribution in [0.3, 0.4) is 0 Å². The largest absolute Gasteiger partial charge is 0.461 e. The van der Waals surface area contributed by atoms with Crippen molar-refractivity contribution >= 4 is 17.5 Å². The molecule has 156 valence electrons. The van der Waals surface area contributed by atoms with E-state index in [1.807, 2.05) is 49.4 Å². The SMILES string of the molecule is C[C@H](NC(=O)C(C)(C)Oc1ccncn1)C(Cc1ccc(Cl)cc1)c1ccccc1. The lowest BCUT2D eigenvalue weighted by molar-refractivity contribution is -0.135. The highest BCUT2D eigenvalue weighted by molar-refractivity contribution is 6.30. The van der Waals surface area contributed by atoms with E-state index in [2.05, 4.69) is 27.4 Å². The Morgan fingerprint density at radius 2 is 1.80 bits per heavy atom. The molecule has 1 amide bonds.